The molecule has 0 aliphatic carbocycles. The van der Waals surface area contributed by atoms with Gasteiger partial charge >= 0.3 is 5.97 Å². The van der Waals surface area contributed by atoms with Crippen LogP contribution in [0.2, 0.25) is 0 Å². The maximum Gasteiger partial charge on any atom is 0.377 e. The second-order valence-corrected chi connectivity index (χ2v) is 2.31. The van der Waals surface area contributed by atoms with Crippen LogP contribution in [-0.2, 0) is 9.53 Å². The fourth-order valence-electron chi connectivity index (χ4n) is 0.823. The van der Waals surface area contributed by atoms with E-state index in [4.69, 9.17) is 20.4 Å². The Labute approximate surface area is 124 Å². The smallest absolute Gasteiger partial charge is 0.377 e. The van der Waals surface area contributed by atoms with Gasteiger partial charge in [-0.1, -0.05) is 0 Å². The summed E-state index contributed by atoms with van der Waals surface area (Å²) in [6, 6.07) is 0. The van der Waals surface area contributed by atoms with Crippen molar-refractivity contribution < 1.29 is 30.0 Å². The summed E-state index contributed by atoms with van der Waals surface area (Å²) in [6.45, 7) is -0.671. The molecule has 1 rings (SSSR count). The van der Waals surface area contributed by atoms with Crippen molar-refractivity contribution in [2.45, 2.75) is 12.2 Å². The number of hydrogen-bond donors (Lipinski definition) is 4. The Bertz CT molecular complexity index is 240. The number of hydrogen-bond acceptors (Lipinski definition) is 6. The normalized spacial score (nSPS) is 22.1. The average Bonchev–Trinajstić information content (AvgIpc) is 2.32. The number of cyclic esters (lactones) is 1. The largest absolute Gasteiger partial charge is 0.505 e. The molecular formula is C6H8Na2O6. The third-order valence-electron chi connectivity index (χ3n) is 1.48. The second kappa shape index (κ2) is 7.08. The van der Waals surface area contributed by atoms with E-state index in [1.165, 1.54) is 0 Å². The van der Waals surface area contributed by atoms with Crippen molar-refractivity contribution in [2.24, 2.45) is 0 Å². The van der Waals surface area contributed by atoms with E-state index in [2.05, 4.69) is 4.74 Å². The Kier molecular flexibility index (Phi) is 8.66. The summed E-state index contributed by atoms with van der Waals surface area (Å²) in [7, 11) is 0. The quantitative estimate of drug-likeness (QED) is 0.313. The van der Waals surface area contributed by atoms with Crippen LogP contribution in [0.5, 0.6) is 0 Å². The molecule has 0 unspecified atom stereocenters. The maximum absolute atomic E-state index is 10.5. The molecule has 0 saturated carbocycles. The van der Waals surface area contributed by atoms with E-state index in [9.17, 15) is 4.79 Å². The summed E-state index contributed by atoms with van der Waals surface area (Å²) in [5.74, 6) is -2.78. The van der Waals surface area contributed by atoms with Gasteiger partial charge in [-0.15, -0.1) is 0 Å². The summed E-state index contributed by atoms with van der Waals surface area (Å²) < 4.78 is 4.32. The van der Waals surface area contributed by atoms with Crippen LogP contribution in [0.1, 0.15) is 0 Å². The molecule has 4 N–H and O–H groups in total. The van der Waals surface area contributed by atoms with Gasteiger partial charge in [-0.25, -0.2) is 4.79 Å². The molecule has 0 aromatic rings. The van der Waals surface area contributed by atoms with E-state index in [1.807, 2.05) is 0 Å². The fourth-order valence-corrected chi connectivity index (χ4v) is 0.823. The van der Waals surface area contributed by atoms with E-state index >= 15 is 0 Å². The van der Waals surface area contributed by atoms with Crippen LogP contribution >= 0.6 is 0 Å². The van der Waals surface area contributed by atoms with Gasteiger partial charge in [0, 0.05) is 59.1 Å². The SMILES string of the molecule is O=C1O[C@H]([C@@H](O)CO)C(O)=C1O.[Na].[Na]. The number of carbonyl (C=O) groups excluding carboxylic acids is 1. The summed E-state index contributed by atoms with van der Waals surface area (Å²) >= 11 is 0. The molecule has 0 saturated heterocycles. The fraction of sp³-hybridized carbons (Fsp3) is 0.500. The number of rotatable bonds is 2. The van der Waals surface area contributed by atoms with Gasteiger partial charge in [0.25, 0.3) is 0 Å². The van der Waals surface area contributed by atoms with Gasteiger partial charge in [-0.3, -0.25) is 0 Å². The minimum Gasteiger partial charge on any atom is -0.505 e. The summed E-state index contributed by atoms with van der Waals surface area (Å²) in [4.78, 5) is 10.5. The van der Waals surface area contributed by atoms with Crippen LogP contribution in [0, 0.1) is 0 Å². The zero-order valence-corrected chi connectivity index (χ0v) is 12.0. The van der Waals surface area contributed by atoms with Crippen molar-refractivity contribution in [1.29, 1.82) is 0 Å². The van der Waals surface area contributed by atoms with Gasteiger partial charge in [-0.05, 0) is 0 Å². The zero-order valence-electron chi connectivity index (χ0n) is 7.97. The first kappa shape index (κ1) is 17.1. The van der Waals surface area contributed by atoms with E-state index in [1.54, 1.807) is 0 Å². The monoisotopic (exact) mass is 222 g/mol. The van der Waals surface area contributed by atoms with Crippen LogP contribution in [0.4, 0.5) is 0 Å². The molecule has 14 heavy (non-hydrogen) atoms. The second-order valence-electron chi connectivity index (χ2n) is 2.31. The topological polar surface area (TPSA) is 107 Å². The van der Waals surface area contributed by atoms with Gasteiger partial charge in [0.05, 0.1) is 6.61 Å². The molecule has 1 aliphatic heterocycles. The third-order valence-corrected chi connectivity index (χ3v) is 1.48. The van der Waals surface area contributed by atoms with Crippen molar-refractivity contribution in [3.8, 4) is 0 Å². The van der Waals surface area contributed by atoms with E-state index in [0.29, 0.717) is 0 Å². The molecule has 0 bridgehead atoms. The number of esters is 1. The average molecular weight is 222 g/mol. The van der Waals surface area contributed by atoms with Crippen molar-refractivity contribution in [2.75, 3.05) is 6.61 Å². The molecule has 2 radical (unpaired) electrons. The predicted molar refractivity (Wildman–Crippen MR) is 46.8 cm³/mol. The molecule has 70 valence electrons. The van der Waals surface area contributed by atoms with Gasteiger partial charge in [0.2, 0.25) is 5.76 Å². The van der Waals surface area contributed by atoms with Crippen LogP contribution in [0.25, 0.3) is 0 Å². The van der Waals surface area contributed by atoms with Crippen LogP contribution in [0.15, 0.2) is 11.5 Å². The predicted octanol–water partition coefficient (Wildman–Crippen LogP) is -2.17. The number of ether oxygens (including phenoxy) is 1. The van der Waals surface area contributed by atoms with Crippen LogP contribution in [0.3, 0.4) is 0 Å². The Morgan fingerprint density at radius 2 is 1.86 bits per heavy atom. The molecule has 0 amide bonds. The van der Waals surface area contributed by atoms with E-state index in [-0.39, 0.29) is 59.1 Å². The zero-order chi connectivity index (χ0) is 9.30. The summed E-state index contributed by atoms with van der Waals surface area (Å²) in [5, 5.41) is 35.0. The first-order valence-electron chi connectivity index (χ1n) is 3.20. The molecule has 6 nitrogen and oxygen atoms in total. The molecule has 1 aliphatic rings. The van der Waals surface area contributed by atoms with Gasteiger partial charge < -0.3 is 25.2 Å². The molecular weight excluding hydrogens is 214 g/mol. The number of aliphatic hydroxyl groups is 4. The van der Waals surface area contributed by atoms with Crippen LogP contribution < -0.4 is 0 Å². The molecule has 8 heteroatoms. The van der Waals surface area contributed by atoms with Gasteiger partial charge in [-0.2, -0.15) is 0 Å². The molecule has 0 spiro atoms. The molecule has 0 fully saturated rings. The van der Waals surface area contributed by atoms with Crippen molar-refractivity contribution in [3.05, 3.63) is 11.5 Å². The Morgan fingerprint density at radius 3 is 2.14 bits per heavy atom. The summed E-state index contributed by atoms with van der Waals surface area (Å²) in [5.41, 5.74) is 0. The first-order valence-corrected chi connectivity index (χ1v) is 3.20. The Morgan fingerprint density at radius 1 is 1.36 bits per heavy atom. The minimum atomic E-state index is -1.42. The van der Waals surface area contributed by atoms with Crippen molar-refractivity contribution >= 4 is 65.1 Å². The Balaban J connectivity index is 0. The molecule has 2 atom stereocenters. The minimum absolute atomic E-state index is 0. The van der Waals surface area contributed by atoms with Crippen molar-refractivity contribution in [1.82, 2.24) is 0 Å². The molecule has 0 aromatic heterocycles. The Hall–Kier alpha value is 0.730. The first-order chi connectivity index (χ1) is 5.57. The molecule has 0 aromatic carbocycles. The third kappa shape index (κ3) is 3.39. The van der Waals surface area contributed by atoms with Gasteiger partial charge in [0.1, 0.15) is 6.10 Å². The van der Waals surface area contributed by atoms with Crippen LogP contribution in [-0.4, -0.2) is 104 Å². The van der Waals surface area contributed by atoms with E-state index in [0.717, 1.165) is 0 Å². The molecule has 1 heterocycles. The standard InChI is InChI=1S/C6H8O6.2Na/c7-1-2(8)5-3(9)4(10)6(11)12-5;;/h2,5,7-10H,1H2;;/t2-,5+;;/m0../s1. The maximum atomic E-state index is 10.5. The van der Waals surface area contributed by atoms with Gasteiger partial charge in [0.15, 0.2) is 11.9 Å². The summed E-state index contributed by atoms with van der Waals surface area (Å²) in [6.07, 6.45) is -2.78. The number of carbonyl (C=O) groups is 1. The van der Waals surface area contributed by atoms with Crippen molar-refractivity contribution in [3.63, 3.8) is 0 Å². The number of aliphatic hydroxyl groups excluding tert-OH is 4. The van der Waals surface area contributed by atoms with E-state index < -0.39 is 36.3 Å².